The van der Waals surface area contributed by atoms with Crippen LogP contribution in [0.25, 0.3) is 0 Å². The zero-order valence-corrected chi connectivity index (χ0v) is 13.4. The van der Waals surface area contributed by atoms with Gasteiger partial charge in [-0.2, -0.15) is 21.6 Å². The van der Waals surface area contributed by atoms with Crippen LogP contribution in [0.2, 0.25) is 0 Å². The normalized spacial score (nSPS) is 17.1. The van der Waals surface area contributed by atoms with Crippen LogP contribution < -0.4 is 8.92 Å². The average molecular weight is 368 g/mol. The number of benzene rings is 1. The summed E-state index contributed by atoms with van der Waals surface area (Å²) in [6.45, 7) is 1.97. The number of hydrogen-bond acceptors (Lipinski definition) is 6. The SMILES string of the molecule is CCOC(=O)CCC1Cc2cc(OS(=O)(=O)C(F)(F)F)ccc2O1. The maximum atomic E-state index is 12.3. The Hall–Kier alpha value is -1.97. The lowest BCUT2D eigenvalue weighted by Gasteiger charge is -2.10. The average Bonchev–Trinajstić information content (AvgIpc) is 2.86. The predicted molar refractivity (Wildman–Crippen MR) is 76.0 cm³/mol. The number of hydrogen-bond donors (Lipinski definition) is 0. The number of alkyl halides is 3. The molecule has 0 fully saturated rings. The topological polar surface area (TPSA) is 78.9 Å². The molecule has 24 heavy (non-hydrogen) atoms. The molecule has 0 aliphatic carbocycles. The first-order chi connectivity index (χ1) is 11.1. The number of carbonyl (C=O) groups excluding carboxylic acids is 1. The van der Waals surface area contributed by atoms with Gasteiger partial charge in [-0.25, -0.2) is 0 Å². The molecule has 1 aliphatic heterocycles. The molecule has 1 aliphatic rings. The fourth-order valence-corrected chi connectivity index (χ4v) is 2.65. The van der Waals surface area contributed by atoms with Crippen molar-refractivity contribution in [3.63, 3.8) is 0 Å². The highest BCUT2D eigenvalue weighted by molar-refractivity contribution is 7.88. The molecule has 2 rings (SSSR count). The minimum absolute atomic E-state index is 0.151. The van der Waals surface area contributed by atoms with Crippen molar-refractivity contribution in [1.82, 2.24) is 0 Å². The molecule has 0 bridgehead atoms. The molecule has 0 aromatic heterocycles. The second-order valence-corrected chi connectivity index (χ2v) is 6.58. The third-order valence-electron chi connectivity index (χ3n) is 3.24. The maximum Gasteiger partial charge on any atom is 0.534 e. The first-order valence-electron chi connectivity index (χ1n) is 7.08. The molecule has 0 N–H and O–H groups in total. The molecule has 1 heterocycles. The van der Waals surface area contributed by atoms with Gasteiger partial charge in [0.15, 0.2) is 0 Å². The molecule has 1 atom stereocenters. The van der Waals surface area contributed by atoms with Crippen molar-refractivity contribution < 1.29 is 40.0 Å². The van der Waals surface area contributed by atoms with E-state index in [1.165, 1.54) is 12.1 Å². The molecule has 0 radical (unpaired) electrons. The minimum Gasteiger partial charge on any atom is -0.490 e. The van der Waals surface area contributed by atoms with E-state index in [9.17, 15) is 26.4 Å². The predicted octanol–water partition coefficient (Wildman–Crippen LogP) is 2.56. The molecular weight excluding hydrogens is 353 g/mol. The molecular formula is C14H15F3O6S. The van der Waals surface area contributed by atoms with Crippen molar-refractivity contribution in [3.05, 3.63) is 23.8 Å². The van der Waals surface area contributed by atoms with Crippen LogP contribution in [-0.4, -0.2) is 32.6 Å². The Morgan fingerprint density at radius 1 is 1.38 bits per heavy atom. The molecule has 0 amide bonds. The largest absolute Gasteiger partial charge is 0.534 e. The van der Waals surface area contributed by atoms with E-state index < -0.39 is 21.4 Å². The van der Waals surface area contributed by atoms with E-state index in [0.717, 1.165) is 6.07 Å². The van der Waals surface area contributed by atoms with Gasteiger partial charge in [-0.15, -0.1) is 0 Å². The van der Waals surface area contributed by atoms with Crippen LogP contribution in [0.1, 0.15) is 25.3 Å². The van der Waals surface area contributed by atoms with E-state index in [2.05, 4.69) is 4.18 Å². The summed E-state index contributed by atoms with van der Waals surface area (Å²) in [5, 5.41) is 0. The summed E-state index contributed by atoms with van der Waals surface area (Å²) in [5.41, 5.74) is -4.98. The van der Waals surface area contributed by atoms with Crippen LogP contribution in [0.4, 0.5) is 13.2 Å². The summed E-state index contributed by atoms with van der Waals surface area (Å²) in [5.74, 6) is -0.390. The fraction of sp³-hybridized carbons (Fsp3) is 0.500. The molecule has 0 spiro atoms. The highest BCUT2D eigenvalue weighted by Gasteiger charge is 2.48. The number of esters is 1. The van der Waals surface area contributed by atoms with Gasteiger partial charge in [-0.05, 0) is 31.5 Å². The zero-order chi connectivity index (χ0) is 18.0. The number of ether oxygens (including phenoxy) is 2. The fourth-order valence-electron chi connectivity index (χ4n) is 2.20. The number of rotatable bonds is 6. The summed E-state index contributed by atoms with van der Waals surface area (Å²) in [6, 6.07) is 3.60. The highest BCUT2D eigenvalue weighted by atomic mass is 32.2. The summed E-state index contributed by atoms with van der Waals surface area (Å²) >= 11 is 0. The van der Waals surface area contributed by atoms with Crippen molar-refractivity contribution in [1.29, 1.82) is 0 Å². The van der Waals surface area contributed by atoms with Gasteiger partial charge < -0.3 is 13.7 Å². The Morgan fingerprint density at radius 2 is 2.08 bits per heavy atom. The Bertz CT molecular complexity index is 714. The summed E-state index contributed by atoms with van der Waals surface area (Å²) in [4.78, 5) is 11.3. The Labute approximate surface area is 136 Å². The number of fused-ring (bicyclic) bond motifs is 1. The van der Waals surface area contributed by atoms with E-state index in [1.807, 2.05) is 0 Å². The summed E-state index contributed by atoms with van der Waals surface area (Å²) in [7, 11) is -5.71. The molecule has 10 heteroatoms. The van der Waals surface area contributed by atoms with Crippen LogP contribution in [0.5, 0.6) is 11.5 Å². The lowest BCUT2D eigenvalue weighted by atomic mass is 10.1. The van der Waals surface area contributed by atoms with Crippen LogP contribution >= 0.6 is 0 Å². The van der Waals surface area contributed by atoms with Crippen molar-refractivity contribution >= 4 is 16.1 Å². The standard InChI is InChI=1S/C14H15F3O6S/c1-2-21-13(18)6-4-10-7-9-8-11(3-5-12(9)22-10)23-24(19,20)14(15,16)17/h3,5,8,10H,2,4,6-7H2,1H3. The zero-order valence-electron chi connectivity index (χ0n) is 12.6. The van der Waals surface area contributed by atoms with Gasteiger partial charge >= 0.3 is 21.6 Å². The van der Waals surface area contributed by atoms with E-state index in [1.54, 1.807) is 6.92 Å². The third kappa shape index (κ3) is 4.31. The lowest BCUT2D eigenvalue weighted by molar-refractivity contribution is -0.143. The van der Waals surface area contributed by atoms with Crippen molar-refractivity contribution in [2.45, 2.75) is 37.8 Å². The summed E-state index contributed by atoms with van der Waals surface area (Å²) < 4.78 is 73.4. The van der Waals surface area contributed by atoms with E-state index in [-0.39, 0.29) is 25.1 Å². The Balaban J connectivity index is 2.00. The quantitative estimate of drug-likeness (QED) is 0.436. The molecule has 1 unspecified atom stereocenters. The van der Waals surface area contributed by atoms with Gasteiger partial charge in [-0.1, -0.05) is 0 Å². The molecule has 1 aromatic rings. The Kier molecular flexibility index (Phi) is 5.26. The van der Waals surface area contributed by atoms with Crippen molar-refractivity contribution in [3.8, 4) is 11.5 Å². The second kappa shape index (κ2) is 6.88. The van der Waals surface area contributed by atoms with Crippen LogP contribution in [-0.2, 0) is 26.1 Å². The highest BCUT2D eigenvalue weighted by Crippen LogP contribution is 2.35. The summed E-state index contributed by atoms with van der Waals surface area (Å²) in [6.07, 6.45) is 0.528. The maximum absolute atomic E-state index is 12.3. The number of carbonyl (C=O) groups is 1. The van der Waals surface area contributed by atoms with Gasteiger partial charge in [0.25, 0.3) is 0 Å². The van der Waals surface area contributed by atoms with Gasteiger partial charge in [0.2, 0.25) is 0 Å². The van der Waals surface area contributed by atoms with Crippen molar-refractivity contribution in [2.75, 3.05) is 6.61 Å². The van der Waals surface area contributed by atoms with Gasteiger partial charge in [-0.3, -0.25) is 4.79 Å². The van der Waals surface area contributed by atoms with Crippen molar-refractivity contribution in [2.24, 2.45) is 0 Å². The van der Waals surface area contributed by atoms with E-state index >= 15 is 0 Å². The third-order valence-corrected chi connectivity index (χ3v) is 4.22. The molecule has 0 saturated heterocycles. The van der Waals surface area contributed by atoms with Gasteiger partial charge in [0.1, 0.15) is 17.6 Å². The smallest absolute Gasteiger partial charge is 0.490 e. The van der Waals surface area contributed by atoms with E-state index in [4.69, 9.17) is 9.47 Å². The first-order valence-corrected chi connectivity index (χ1v) is 8.49. The lowest BCUT2D eigenvalue weighted by Crippen LogP contribution is -2.28. The Morgan fingerprint density at radius 3 is 2.71 bits per heavy atom. The monoisotopic (exact) mass is 368 g/mol. The first kappa shape index (κ1) is 18.4. The second-order valence-electron chi connectivity index (χ2n) is 5.04. The molecule has 0 saturated carbocycles. The number of halogens is 3. The van der Waals surface area contributed by atoms with Crippen LogP contribution in [0, 0.1) is 0 Å². The molecule has 134 valence electrons. The molecule has 6 nitrogen and oxygen atoms in total. The van der Waals surface area contributed by atoms with E-state index in [0.29, 0.717) is 24.2 Å². The molecule has 1 aromatic carbocycles. The van der Waals surface area contributed by atoms with Gasteiger partial charge in [0, 0.05) is 18.4 Å². The van der Waals surface area contributed by atoms with Crippen LogP contribution in [0.3, 0.4) is 0 Å². The van der Waals surface area contributed by atoms with Gasteiger partial charge in [0.05, 0.1) is 6.61 Å². The van der Waals surface area contributed by atoms with Crippen LogP contribution in [0.15, 0.2) is 18.2 Å². The minimum atomic E-state index is -5.71.